The molecule has 5 nitrogen and oxygen atoms in total. The van der Waals surface area contributed by atoms with E-state index in [0.717, 1.165) is 10.7 Å². The highest BCUT2D eigenvalue weighted by Crippen LogP contribution is 2.21. The van der Waals surface area contributed by atoms with E-state index in [1.807, 2.05) is 0 Å². The second-order valence-electron chi connectivity index (χ2n) is 5.00. The first kappa shape index (κ1) is 15.7. The lowest BCUT2D eigenvalue weighted by molar-refractivity contribution is 0.102. The number of nitrogens with zero attached hydrogens (tertiary/aromatic N) is 2. The van der Waals surface area contributed by atoms with Crippen LogP contribution in [0.3, 0.4) is 0 Å². The number of carbonyl (C=O) groups is 1. The van der Waals surface area contributed by atoms with Gasteiger partial charge in [0.1, 0.15) is 0 Å². The van der Waals surface area contributed by atoms with Gasteiger partial charge in [-0.05, 0) is 18.2 Å². The molecule has 1 heterocycles. The molecular weight excluding hydrogens is 323 g/mol. The van der Waals surface area contributed by atoms with Gasteiger partial charge < -0.3 is 5.32 Å². The van der Waals surface area contributed by atoms with Crippen molar-refractivity contribution in [3.63, 3.8) is 0 Å². The number of aromatic nitrogens is 2. The number of rotatable bonds is 2. The van der Waals surface area contributed by atoms with Crippen LogP contribution < -0.4 is 10.9 Å². The summed E-state index contributed by atoms with van der Waals surface area (Å²) < 4.78 is 40.9. The number of halogens is 3. The maximum absolute atomic E-state index is 13.7. The Kier molecular flexibility index (Phi) is 3.80. The zero-order valence-corrected chi connectivity index (χ0v) is 12.3. The molecule has 0 aliphatic rings. The molecule has 1 N–H and O–H groups in total. The van der Waals surface area contributed by atoms with Crippen molar-refractivity contribution in [1.29, 1.82) is 0 Å². The Balaban J connectivity index is 2.09. The van der Waals surface area contributed by atoms with E-state index in [0.29, 0.717) is 6.07 Å². The molecule has 0 atom stereocenters. The van der Waals surface area contributed by atoms with E-state index in [4.69, 9.17) is 0 Å². The molecule has 1 aromatic heterocycles. The van der Waals surface area contributed by atoms with Gasteiger partial charge >= 0.3 is 0 Å². The van der Waals surface area contributed by atoms with Crippen molar-refractivity contribution in [2.24, 2.45) is 7.05 Å². The van der Waals surface area contributed by atoms with Gasteiger partial charge in [0.25, 0.3) is 11.5 Å². The Morgan fingerprint density at radius 3 is 2.42 bits per heavy atom. The molecular formula is C16H10F3N3O2. The Morgan fingerprint density at radius 2 is 1.71 bits per heavy atom. The molecule has 0 unspecified atom stereocenters. The molecule has 0 saturated heterocycles. The van der Waals surface area contributed by atoms with Crippen LogP contribution in [0.15, 0.2) is 41.2 Å². The highest BCUT2D eigenvalue weighted by Gasteiger charge is 2.19. The summed E-state index contributed by atoms with van der Waals surface area (Å²) in [6.45, 7) is 0. The van der Waals surface area contributed by atoms with Crippen LogP contribution in [-0.2, 0) is 7.05 Å². The predicted molar refractivity (Wildman–Crippen MR) is 81.3 cm³/mol. The fourth-order valence-corrected chi connectivity index (χ4v) is 2.27. The molecule has 1 amide bonds. The molecule has 0 radical (unpaired) electrons. The van der Waals surface area contributed by atoms with Crippen LogP contribution in [0.2, 0.25) is 0 Å². The van der Waals surface area contributed by atoms with Gasteiger partial charge in [0, 0.05) is 12.4 Å². The summed E-state index contributed by atoms with van der Waals surface area (Å²) >= 11 is 0. The molecule has 0 aliphatic carbocycles. The zero-order valence-electron chi connectivity index (χ0n) is 12.3. The molecule has 24 heavy (non-hydrogen) atoms. The number of hydrogen-bond acceptors (Lipinski definition) is 3. The number of benzene rings is 2. The maximum atomic E-state index is 13.7. The van der Waals surface area contributed by atoms with Gasteiger partial charge in [-0.15, -0.1) is 0 Å². The maximum Gasteiger partial charge on any atom is 0.276 e. The molecule has 3 rings (SSSR count). The third-order valence-corrected chi connectivity index (χ3v) is 3.45. The van der Waals surface area contributed by atoms with Gasteiger partial charge in [0.15, 0.2) is 23.1 Å². The second-order valence-corrected chi connectivity index (χ2v) is 5.00. The number of carbonyl (C=O) groups excluding carboxylic acids is 1. The molecule has 0 fully saturated rings. The first-order valence-corrected chi connectivity index (χ1v) is 6.81. The average Bonchev–Trinajstić information content (AvgIpc) is 2.58. The number of nitrogens with one attached hydrogen (secondary N) is 1. The topological polar surface area (TPSA) is 64.0 Å². The minimum atomic E-state index is -1.69. The minimum absolute atomic E-state index is 0.142. The van der Waals surface area contributed by atoms with Crippen LogP contribution >= 0.6 is 0 Å². The SMILES string of the molecule is Cn1nc(C(=O)Nc2ccc(F)c(F)c2F)c2ccccc2c1=O. The monoisotopic (exact) mass is 333 g/mol. The standard InChI is InChI=1S/C16H10F3N3O2/c1-22-16(24)9-5-3-2-4-8(9)14(21-22)15(23)20-11-7-6-10(17)12(18)13(11)19/h2-7H,1H3,(H,20,23). The van der Waals surface area contributed by atoms with E-state index in [1.54, 1.807) is 12.1 Å². The predicted octanol–water partition coefficient (Wildman–Crippen LogP) is 2.60. The first-order chi connectivity index (χ1) is 11.4. The van der Waals surface area contributed by atoms with Gasteiger partial charge in [0.05, 0.1) is 11.1 Å². The molecule has 0 spiro atoms. The van der Waals surface area contributed by atoms with E-state index in [9.17, 15) is 22.8 Å². The van der Waals surface area contributed by atoms with Crippen molar-refractivity contribution in [3.8, 4) is 0 Å². The minimum Gasteiger partial charge on any atom is -0.318 e. The Hall–Kier alpha value is -3.16. The van der Waals surface area contributed by atoms with Crippen molar-refractivity contribution in [1.82, 2.24) is 9.78 Å². The number of amides is 1. The Bertz CT molecular complexity index is 1030. The van der Waals surface area contributed by atoms with Gasteiger partial charge in [-0.1, -0.05) is 18.2 Å². The van der Waals surface area contributed by atoms with E-state index in [-0.39, 0.29) is 16.5 Å². The lowest BCUT2D eigenvalue weighted by Gasteiger charge is -2.10. The highest BCUT2D eigenvalue weighted by atomic mass is 19.2. The Labute approximate surface area is 133 Å². The van der Waals surface area contributed by atoms with E-state index in [2.05, 4.69) is 10.4 Å². The number of hydrogen-bond donors (Lipinski definition) is 1. The lowest BCUT2D eigenvalue weighted by Crippen LogP contribution is -2.25. The molecule has 2 aromatic carbocycles. The average molecular weight is 333 g/mol. The van der Waals surface area contributed by atoms with Gasteiger partial charge in [-0.3, -0.25) is 9.59 Å². The van der Waals surface area contributed by atoms with Crippen LogP contribution in [0.5, 0.6) is 0 Å². The van der Waals surface area contributed by atoms with Gasteiger partial charge in [-0.25, -0.2) is 17.9 Å². The second kappa shape index (κ2) is 5.80. The van der Waals surface area contributed by atoms with E-state index < -0.39 is 34.6 Å². The van der Waals surface area contributed by atoms with E-state index >= 15 is 0 Å². The van der Waals surface area contributed by atoms with Crippen molar-refractivity contribution < 1.29 is 18.0 Å². The van der Waals surface area contributed by atoms with E-state index in [1.165, 1.54) is 19.2 Å². The van der Waals surface area contributed by atoms with Gasteiger partial charge in [0.2, 0.25) is 0 Å². The smallest absolute Gasteiger partial charge is 0.276 e. The fourth-order valence-electron chi connectivity index (χ4n) is 2.27. The van der Waals surface area contributed by atoms with Gasteiger partial charge in [-0.2, -0.15) is 5.10 Å². The molecule has 122 valence electrons. The fraction of sp³-hybridized carbons (Fsp3) is 0.0625. The Morgan fingerprint density at radius 1 is 1.04 bits per heavy atom. The van der Waals surface area contributed by atoms with Crippen molar-refractivity contribution >= 4 is 22.4 Å². The van der Waals surface area contributed by atoms with Crippen molar-refractivity contribution in [2.75, 3.05) is 5.32 Å². The van der Waals surface area contributed by atoms with Crippen LogP contribution in [0.4, 0.5) is 18.9 Å². The van der Waals surface area contributed by atoms with Crippen LogP contribution in [0.25, 0.3) is 10.8 Å². The number of aryl methyl sites for hydroxylation is 1. The van der Waals surface area contributed by atoms with Crippen LogP contribution in [0, 0.1) is 17.5 Å². The first-order valence-electron chi connectivity index (χ1n) is 6.81. The largest absolute Gasteiger partial charge is 0.318 e. The quantitative estimate of drug-likeness (QED) is 0.733. The molecule has 3 aromatic rings. The highest BCUT2D eigenvalue weighted by molar-refractivity contribution is 6.11. The molecule has 0 aliphatic heterocycles. The third-order valence-electron chi connectivity index (χ3n) is 3.45. The summed E-state index contributed by atoms with van der Waals surface area (Å²) in [6, 6.07) is 7.86. The summed E-state index contributed by atoms with van der Waals surface area (Å²) in [5, 5.41) is 6.52. The number of fused-ring (bicyclic) bond motifs is 1. The summed E-state index contributed by atoms with van der Waals surface area (Å²) in [4.78, 5) is 24.4. The van der Waals surface area contributed by atoms with Crippen LogP contribution in [-0.4, -0.2) is 15.7 Å². The van der Waals surface area contributed by atoms with Crippen molar-refractivity contribution in [2.45, 2.75) is 0 Å². The summed E-state index contributed by atoms with van der Waals surface area (Å²) in [6.07, 6.45) is 0. The summed E-state index contributed by atoms with van der Waals surface area (Å²) in [7, 11) is 1.36. The summed E-state index contributed by atoms with van der Waals surface area (Å²) in [5.41, 5.74) is -1.07. The molecule has 0 bridgehead atoms. The summed E-state index contributed by atoms with van der Waals surface area (Å²) in [5.74, 6) is -5.42. The van der Waals surface area contributed by atoms with Crippen molar-refractivity contribution in [3.05, 3.63) is 69.9 Å². The lowest BCUT2D eigenvalue weighted by atomic mass is 10.1. The molecule has 8 heteroatoms. The third kappa shape index (κ3) is 2.51. The number of anilines is 1. The normalized spacial score (nSPS) is 10.8. The molecule has 0 saturated carbocycles. The van der Waals surface area contributed by atoms with Crippen LogP contribution in [0.1, 0.15) is 10.5 Å². The zero-order chi connectivity index (χ0) is 17.4.